The second-order valence-corrected chi connectivity index (χ2v) is 9.35. The molecule has 1 aliphatic rings. The molecule has 1 fully saturated rings. The van der Waals surface area contributed by atoms with E-state index in [1.54, 1.807) is 24.8 Å². The zero-order valence-corrected chi connectivity index (χ0v) is 17.9. The number of nitriles is 1. The Balaban J connectivity index is 2.21. The molecule has 8 nitrogen and oxygen atoms in total. The smallest absolute Gasteiger partial charge is 0.258 e. The van der Waals surface area contributed by atoms with Gasteiger partial charge >= 0.3 is 0 Å². The molecule has 1 saturated heterocycles. The molecule has 0 radical (unpaired) electrons. The van der Waals surface area contributed by atoms with Gasteiger partial charge in [0.2, 0.25) is 15.9 Å². The van der Waals surface area contributed by atoms with Gasteiger partial charge in [-0.3, -0.25) is 19.2 Å². The largest absolute Gasteiger partial charge is 0.334 e. The van der Waals surface area contributed by atoms with Crippen molar-refractivity contribution in [2.75, 3.05) is 17.2 Å². The van der Waals surface area contributed by atoms with Gasteiger partial charge in [-0.15, -0.1) is 0 Å². The van der Waals surface area contributed by atoms with E-state index in [0.29, 0.717) is 5.69 Å². The Bertz CT molecular complexity index is 985. The van der Waals surface area contributed by atoms with Crippen LogP contribution in [0.15, 0.2) is 18.2 Å². The van der Waals surface area contributed by atoms with Crippen LogP contribution in [0.2, 0.25) is 5.02 Å². The number of carbonyl (C=O) groups excluding carboxylic acids is 2. The van der Waals surface area contributed by atoms with Crippen molar-refractivity contribution in [2.24, 2.45) is 0 Å². The lowest BCUT2D eigenvalue weighted by Gasteiger charge is -2.29. The summed E-state index contributed by atoms with van der Waals surface area (Å²) in [5.74, 6) is -1.22. The molecule has 0 bridgehead atoms. The normalized spacial score (nSPS) is 16.2. The van der Waals surface area contributed by atoms with E-state index in [0.717, 1.165) is 6.92 Å². The summed E-state index contributed by atoms with van der Waals surface area (Å²) in [5.41, 5.74) is -0.280. The van der Waals surface area contributed by atoms with Gasteiger partial charge in [-0.2, -0.15) is 5.26 Å². The van der Waals surface area contributed by atoms with Crippen molar-refractivity contribution >= 4 is 56.5 Å². The zero-order chi connectivity index (χ0) is 21.3. The third-order valence-corrected chi connectivity index (χ3v) is 6.39. The highest BCUT2D eigenvalue weighted by molar-refractivity contribution is 7.90. The number of benzene rings is 1. The standard InChI is InChI=1S/C17H19ClN4O4S2/c1-11(23)20-28(25,26)8-4-7-21-16(27)22(15(24)17(21,2)3)13-6-5-12(10-19)14(18)9-13/h5-6,9H,4,7-8H2,1-3H3,(H,20,23). The number of nitrogens with zero attached hydrogens (tertiary/aromatic N) is 3. The molecule has 0 atom stereocenters. The summed E-state index contributed by atoms with van der Waals surface area (Å²) in [6, 6.07) is 6.52. The topological polar surface area (TPSA) is 111 Å². The van der Waals surface area contributed by atoms with E-state index in [1.807, 2.05) is 10.8 Å². The Morgan fingerprint density at radius 2 is 2.04 bits per heavy atom. The van der Waals surface area contributed by atoms with Gasteiger partial charge in [0, 0.05) is 13.5 Å². The first-order valence-electron chi connectivity index (χ1n) is 8.27. The molecule has 0 unspecified atom stereocenters. The number of rotatable bonds is 6. The van der Waals surface area contributed by atoms with Crippen molar-refractivity contribution in [3.8, 4) is 6.07 Å². The van der Waals surface area contributed by atoms with Crippen molar-refractivity contribution in [1.82, 2.24) is 9.62 Å². The maximum absolute atomic E-state index is 12.9. The predicted molar refractivity (Wildman–Crippen MR) is 109 cm³/mol. The summed E-state index contributed by atoms with van der Waals surface area (Å²) in [5, 5.41) is 9.41. The van der Waals surface area contributed by atoms with E-state index in [2.05, 4.69) is 0 Å². The van der Waals surface area contributed by atoms with Crippen LogP contribution < -0.4 is 9.62 Å². The second kappa shape index (κ2) is 8.03. The summed E-state index contributed by atoms with van der Waals surface area (Å²) in [6.45, 7) is 4.71. The summed E-state index contributed by atoms with van der Waals surface area (Å²) < 4.78 is 25.5. The molecule has 11 heteroatoms. The molecule has 0 aromatic heterocycles. The number of hydrogen-bond acceptors (Lipinski definition) is 6. The fourth-order valence-electron chi connectivity index (χ4n) is 2.86. The number of thiocarbonyl (C=S) groups is 1. The average Bonchev–Trinajstić information content (AvgIpc) is 2.73. The minimum Gasteiger partial charge on any atom is -0.334 e. The Kier molecular flexibility index (Phi) is 6.33. The molecular formula is C17H19ClN4O4S2. The number of anilines is 1. The first kappa shape index (κ1) is 22.1. The number of sulfonamides is 1. The van der Waals surface area contributed by atoms with Crippen molar-refractivity contribution in [3.05, 3.63) is 28.8 Å². The van der Waals surface area contributed by atoms with Crippen molar-refractivity contribution in [3.63, 3.8) is 0 Å². The molecule has 1 aromatic rings. The molecule has 1 aromatic carbocycles. The SMILES string of the molecule is CC(=O)NS(=O)(=O)CCCN1C(=S)N(c2ccc(C#N)c(Cl)c2)C(=O)C1(C)C. The van der Waals surface area contributed by atoms with E-state index < -0.39 is 21.5 Å². The van der Waals surface area contributed by atoms with Crippen LogP contribution in [-0.4, -0.2) is 48.1 Å². The fourth-order valence-corrected chi connectivity index (χ4v) is 4.63. The number of hydrogen-bond donors (Lipinski definition) is 1. The minimum absolute atomic E-state index is 0.168. The van der Waals surface area contributed by atoms with Crippen LogP contribution in [-0.2, 0) is 19.6 Å². The van der Waals surface area contributed by atoms with Crippen LogP contribution in [0.25, 0.3) is 0 Å². The van der Waals surface area contributed by atoms with E-state index in [-0.39, 0.29) is 40.3 Å². The van der Waals surface area contributed by atoms with Crippen LogP contribution in [0.1, 0.15) is 32.8 Å². The van der Waals surface area contributed by atoms with E-state index >= 15 is 0 Å². The van der Waals surface area contributed by atoms with Gasteiger partial charge in [0.15, 0.2) is 5.11 Å². The zero-order valence-electron chi connectivity index (χ0n) is 15.5. The fraction of sp³-hybridized carbons (Fsp3) is 0.412. The summed E-state index contributed by atoms with van der Waals surface area (Å²) in [4.78, 5) is 26.8. The Labute approximate surface area is 174 Å². The van der Waals surface area contributed by atoms with E-state index in [4.69, 9.17) is 29.1 Å². The van der Waals surface area contributed by atoms with Crippen molar-refractivity contribution in [1.29, 1.82) is 5.26 Å². The molecule has 1 aliphatic heterocycles. The molecule has 0 aliphatic carbocycles. The third kappa shape index (κ3) is 4.43. The van der Waals surface area contributed by atoms with Crippen LogP contribution >= 0.6 is 23.8 Å². The van der Waals surface area contributed by atoms with E-state index in [9.17, 15) is 18.0 Å². The lowest BCUT2D eigenvalue weighted by Crippen LogP contribution is -2.45. The van der Waals surface area contributed by atoms with Gasteiger partial charge in [0.1, 0.15) is 11.6 Å². The molecule has 0 saturated carbocycles. The predicted octanol–water partition coefficient (Wildman–Crippen LogP) is 1.78. The van der Waals surface area contributed by atoms with Crippen LogP contribution in [0, 0.1) is 11.3 Å². The van der Waals surface area contributed by atoms with Crippen LogP contribution in [0.5, 0.6) is 0 Å². The molecule has 150 valence electrons. The average molecular weight is 443 g/mol. The number of nitrogens with one attached hydrogen (secondary N) is 1. The van der Waals surface area contributed by atoms with E-state index in [1.165, 1.54) is 17.0 Å². The summed E-state index contributed by atoms with van der Waals surface area (Å²) in [6.07, 6.45) is 0.168. The molecule has 28 heavy (non-hydrogen) atoms. The molecule has 1 heterocycles. The minimum atomic E-state index is -3.74. The highest BCUT2D eigenvalue weighted by Crippen LogP contribution is 2.34. The number of amides is 2. The molecular weight excluding hydrogens is 424 g/mol. The van der Waals surface area contributed by atoms with Gasteiger partial charge in [0.25, 0.3) is 5.91 Å². The number of halogens is 1. The molecule has 0 spiro atoms. The van der Waals surface area contributed by atoms with Crippen LogP contribution in [0.4, 0.5) is 5.69 Å². The quantitative estimate of drug-likeness (QED) is 0.668. The van der Waals surface area contributed by atoms with Crippen molar-refractivity contribution in [2.45, 2.75) is 32.7 Å². The highest BCUT2D eigenvalue weighted by atomic mass is 35.5. The summed E-state index contributed by atoms with van der Waals surface area (Å²) in [7, 11) is -3.74. The monoisotopic (exact) mass is 442 g/mol. The molecule has 2 amide bonds. The maximum atomic E-state index is 12.9. The van der Waals surface area contributed by atoms with Gasteiger partial charge in [0.05, 0.1) is 22.0 Å². The van der Waals surface area contributed by atoms with Gasteiger partial charge in [-0.1, -0.05) is 11.6 Å². The summed E-state index contributed by atoms with van der Waals surface area (Å²) >= 11 is 11.5. The highest BCUT2D eigenvalue weighted by Gasteiger charge is 2.49. The Morgan fingerprint density at radius 1 is 1.39 bits per heavy atom. The maximum Gasteiger partial charge on any atom is 0.258 e. The van der Waals surface area contributed by atoms with Gasteiger partial charge in [-0.25, -0.2) is 8.42 Å². The lowest BCUT2D eigenvalue weighted by atomic mass is 10.0. The van der Waals surface area contributed by atoms with Gasteiger partial charge < -0.3 is 4.90 Å². The van der Waals surface area contributed by atoms with Gasteiger partial charge in [-0.05, 0) is 50.7 Å². The third-order valence-electron chi connectivity index (χ3n) is 4.25. The molecule has 1 N–H and O–H groups in total. The Morgan fingerprint density at radius 3 is 2.57 bits per heavy atom. The molecule has 2 rings (SSSR count). The lowest BCUT2D eigenvalue weighted by molar-refractivity contribution is -0.123. The van der Waals surface area contributed by atoms with Crippen molar-refractivity contribution < 1.29 is 18.0 Å². The number of carbonyl (C=O) groups is 2. The van der Waals surface area contributed by atoms with Crippen LogP contribution in [0.3, 0.4) is 0 Å². The first-order chi connectivity index (χ1) is 12.9. The first-order valence-corrected chi connectivity index (χ1v) is 10.7. The second-order valence-electron chi connectivity index (χ2n) is 6.74. The Hall–Kier alpha value is -2.22.